The number of benzene rings is 1. The predicted octanol–water partition coefficient (Wildman–Crippen LogP) is 4.16. The minimum Gasteiger partial charge on any atom is -0.330 e. The average Bonchev–Trinajstić information content (AvgIpc) is 2.62. The fraction of sp³-hybridized carbons (Fsp3) is 0.647. The Morgan fingerprint density at radius 3 is 2.80 bits per heavy atom. The first-order chi connectivity index (χ1) is 9.67. The molecule has 0 saturated carbocycles. The van der Waals surface area contributed by atoms with E-state index in [1.165, 1.54) is 43.4 Å². The van der Waals surface area contributed by atoms with Crippen LogP contribution in [0.1, 0.15) is 49.8 Å². The lowest BCUT2D eigenvalue weighted by Gasteiger charge is -2.36. The van der Waals surface area contributed by atoms with Gasteiger partial charge in [-0.05, 0) is 75.0 Å². The van der Waals surface area contributed by atoms with Gasteiger partial charge in [0.25, 0.3) is 0 Å². The molecule has 1 aliphatic heterocycles. The van der Waals surface area contributed by atoms with Crippen LogP contribution in [0.25, 0.3) is 0 Å². The van der Waals surface area contributed by atoms with Gasteiger partial charge in [-0.2, -0.15) is 0 Å². The van der Waals surface area contributed by atoms with Crippen molar-refractivity contribution in [1.82, 2.24) is 4.90 Å². The summed E-state index contributed by atoms with van der Waals surface area (Å²) < 4.78 is 0. The largest absolute Gasteiger partial charge is 0.330 e. The third kappa shape index (κ3) is 3.55. The first kappa shape index (κ1) is 15.8. The molecular weight excluding hydrogens is 268 g/mol. The Kier molecular flexibility index (Phi) is 5.88. The van der Waals surface area contributed by atoms with Gasteiger partial charge >= 0.3 is 0 Å². The molecule has 20 heavy (non-hydrogen) atoms. The van der Waals surface area contributed by atoms with Crippen molar-refractivity contribution in [2.45, 2.75) is 45.6 Å². The first-order valence-electron chi connectivity index (χ1n) is 7.87. The predicted molar refractivity (Wildman–Crippen MR) is 87.2 cm³/mol. The van der Waals surface area contributed by atoms with Crippen LogP contribution in [0, 0.1) is 12.8 Å². The van der Waals surface area contributed by atoms with Crippen molar-refractivity contribution in [3.63, 3.8) is 0 Å². The van der Waals surface area contributed by atoms with E-state index >= 15 is 0 Å². The van der Waals surface area contributed by atoms with Gasteiger partial charge in [-0.15, -0.1) is 0 Å². The molecule has 1 heterocycles. The Balaban J connectivity index is 2.37. The van der Waals surface area contributed by atoms with E-state index in [4.69, 9.17) is 17.3 Å². The molecule has 2 N–H and O–H groups in total. The van der Waals surface area contributed by atoms with Crippen LogP contribution < -0.4 is 5.73 Å². The van der Waals surface area contributed by atoms with Gasteiger partial charge in [0.05, 0.1) is 0 Å². The Hall–Kier alpha value is -0.570. The van der Waals surface area contributed by atoms with Crippen molar-refractivity contribution in [1.29, 1.82) is 0 Å². The van der Waals surface area contributed by atoms with E-state index in [9.17, 15) is 0 Å². The Morgan fingerprint density at radius 1 is 1.35 bits per heavy atom. The highest BCUT2D eigenvalue weighted by Crippen LogP contribution is 2.36. The number of nitrogens with two attached hydrogens (primary N) is 1. The summed E-state index contributed by atoms with van der Waals surface area (Å²) in [4.78, 5) is 2.64. The summed E-state index contributed by atoms with van der Waals surface area (Å²) >= 11 is 6.12. The van der Waals surface area contributed by atoms with Crippen molar-refractivity contribution in [2.75, 3.05) is 19.6 Å². The number of hydrogen-bond donors (Lipinski definition) is 1. The van der Waals surface area contributed by atoms with Gasteiger partial charge in [0, 0.05) is 11.1 Å². The maximum Gasteiger partial charge on any atom is 0.0408 e. The minimum absolute atomic E-state index is 0.458. The van der Waals surface area contributed by atoms with E-state index < -0.39 is 0 Å². The van der Waals surface area contributed by atoms with Gasteiger partial charge in [-0.3, -0.25) is 4.90 Å². The van der Waals surface area contributed by atoms with Crippen molar-refractivity contribution in [2.24, 2.45) is 11.7 Å². The normalized spacial score (nSPS) is 24.6. The maximum atomic E-state index is 6.12. The number of hydrogen-bond acceptors (Lipinski definition) is 2. The van der Waals surface area contributed by atoms with E-state index in [1.807, 2.05) is 6.07 Å². The lowest BCUT2D eigenvalue weighted by Crippen LogP contribution is -2.36. The molecule has 1 aromatic rings. The fourth-order valence-corrected chi connectivity index (χ4v) is 3.75. The van der Waals surface area contributed by atoms with Crippen LogP contribution >= 0.6 is 11.6 Å². The molecule has 112 valence electrons. The van der Waals surface area contributed by atoms with Crippen molar-refractivity contribution in [3.8, 4) is 0 Å². The van der Waals surface area contributed by atoms with Crippen LogP contribution in [0.2, 0.25) is 5.02 Å². The summed E-state index contributed by atoms with van der Waals surface area (Å²) in [5.74, 6) is 0.559. The zero-order valence-electron chi connectivity index (χ0n) is 12.7. The van der Waals surface area contributed by atoms with E-state index in [1.54, 1.807) is 0 Å². The van der Waals surface area contributed by atoms with Gasteiger partial charge in [-0.25, -0.2) is 0 Å². The van der Waals surface area contributed by atoms with Crippen LogP contribution in [0.5, 0.6) is 0 Å². The standard InChI is InChI=1S/C17H27ClN2/c1-3-9-20-10-5-4-6-14(12-19)17(20)16-8-7-15(18)11-13(16)2/h7-8,11,14,17H,3-6,9-10,12,19H2,1-2H3. The topological polar surface area (TPSA) is 29.3 Å². The van der Waals surface area contributed by atoms with Crippen molar-refractivity contribution in [3.05, 3.63) is 34.3 Å². The Morgan fingerprint density at radius 2 is 2.15 bits per heavy atom. The van der Waals surface area contributed by atoms with Crippen LogP contribution in [0.4, 0.5) is 0 Å². The highest BCUT2D eigenvalue weighted by molar-refractivity contribution is 6.30. The molecule has 0 radical (unpaired) electrons. The molecule has 2 nitrogen and oxygen atoms in total. The number of aryl methyl sites for hydroxylation is 1. The monoisotopic (exact) mass is 294 g/mol. The molecule has 0 spiro atoms. The molecular formula is C17H27ClN2. The van der Waals surface area contributed by atoms with E-state index in [-0.39, 0.29) is 0 Å². The molecule has 1 saturated heterocycles. The van der Waals surface area contributed by atoms with Crippen LogP contribution in [-0.2, 0) is 0 Å². The SMILES string of the molecule is CCCN1CCCCC(CN)C1c1ccc(Cl)cc1C. The van der Waals surface area contributed by atoms with Crippen LogP contribution in [-0.4, -0.2) is 24.5 Å². The van der Waals surface area contributed by atoms with Gasteiger partial charge < -0.3 is 5.73 Å². The lowest BCUT2D eigenvalue weighted by molar-refractivity contribution is 0.158. The van der Waals surface area contributed by atoms with Crippen LogP contribution in [0.3, 0.4) is 0 Å². The fourth-order valence-electron chi connectivity index (χ4n) is 3.52. The summed E-state index contributed by atoms with van der Waals surface area (Å²) in [7, 11) is 0. The Labute approximate surface area is 128 Å². The minimum atomic E-state index is 0.458. The van der Waals surface area contributed by atoms with Gasteiger partial charge in [-0.1, -0.05) is 31.0 Å². The highest BCUT2D eigenvalue weighted by Gasteiger charge is 2.30. The molecule has 0 bridgehead atoms. The number of likely N-dealkylation sites (tertiary alicyclic amines) is 1. The second-order valence-corrected chi connectivity index (χ2v) is 6.41. The molecule has 1 aliphatic rings. The highest BCUT2D eigenvalue weighted by atomic mass is 35.5. The number of halogens is 1. The summed E-state index contributed by atoms with van der Waals surface area (Å²) in [5, 5.41) is 0.825. The lowest BCUT2D eigenvalue weighted by atomic mass is 9.87. The van der Waals surface area contributed by atoms with Gasteiger partial charge in [0.2, 0.25) is 0 Å². The summed E-state index contributed by atoms with van der Waals surface area (Å²) in [6.07, 6.45) is 5.02. The first-order valence-corrected chi connectivity index (χ1v) is 8.25. The molecule has 2 atom stereocenters. The molecule has 0 amide bonds. The third-order valence-electron chi connectivity index (χ3n) is 4.47. The molecule has 2 rings (SSSR count). The van der Waals surface area contributed by atoms with Crippen LogP contribution in [0.15, 0.2) is 18.2 Å². The summed E-state index contributed by atoms with van der Waals surface area (Å²) in [5.41, 5.74) is 8.80. The van der Waals surface area contributed by atoms with Gasteiger partial charge in [0.1, 0.15) is 0 Å². The molecule has 1 aromatic carbocycles. The maximum absolute atomic E-state index is 6.12. The zero-order valence-corrected chi connectivity index (χ0v) is 13.5. The summed E-state index contributed by atoms with van der Waals surface area (Å²) in [6, 6.07) is 6.77. The smallest absolute Gasteiger partial charge is 0.0408 e. The van der Waals surface area contributed by atoms with Crippen molar-refractivity contribution >= 4 is 11.6 Å². The van der Waals surface area contributed by atoms with Gasteiger partial charge in [0.15, 0.2) is 0 Å². The van der Waals surface area contributed by atoms with Crippen molar-refractivity contribution < 1.29 is 0 Å². The molecule has 3 heteroatoms. The second kappa shape index (κ2) is 7.44. The second-order valence-electron chi connectivity index (χ2n) is 5.97. The molecule has 0 aromatic heterocycles. The van der Waals surface area contributed by atoms with E-state index in [0.717, 1.165) is 18.1 Å². The molecule has 1 fully saturated rings. The quantitative estimate of drug-likeness (QED) is 0.903. The Bertz CT molecular complexity index is 433. The third-order valence-corrected chi connectivity index (χ3v) is 4.71. The van der Waals surface area contributed by atoms with E-state index in [2.05, 4.69) is 30.9 Å². The zero-order chi connectivity index (χ0) is 14.5. The molecule has 2 unspecified atom stereocenters. The number of rotatable bonds is 4. The number of nitrogens with zero attached hydrogens (tertiary/aromatic N) is 1. The summed E-state index contributed by atoms with van der Waals surface area (Å²) in [6.45, 7) is 7.55. The average molecular weight is 295 g/mol. The van der Waals surface area contributed by atoms with E-state index in [0.29, 0.717) is 12.0 Å². The molecule has 0 aliphatic carbocycles.